The van der Waals surface area contributed by atoms with Crippen molar-refractivity contribution in [2.45, 2.75) is 30.8 Å². The maximum absolute atomic E-state index is 12.5. The van der Waals surface area contributed by atoms with E-state index in [1.807, 2.05) is 32.2 Å². The zero-order chi connectivity index (χ0) is 15.7. The Hall–Kier alpha value is -1.86. The van der Waals surface area contributed by atoms with Gasteiger partial charge in [-0.2, -0.15) is 5.10 Å². The van der Waals surface area contributed by atoms with Crippen LogP contribution in [0.4, 0.5) is 5.69 Å². The van der Waals surface area contributed by atoms with Gasteiger partial charge in [0.15, 0.2) is 0 Å². The lowest BCUT2D eigenvalue weighted by Gasteiger charge is -2.33. The number of para-hydroxylation sites is 1. The number of benzene rings is 1. The van der Waals surface area contributed by atoms with Crippen LogP contribution in [0.1, 0.15) is 12.5 Å². The molecule has 0 amide bonds. The standard InChI is InChI=1S/C15H20N4O2S/c1-3-19-11-14(9-16-19)22(20,21)17-13-8-12-6-4-5-7-15(12)18(2)10-13/h4-7,9,11,13,17H,3,8,10H2,1-2H3. The SMILES string of the molecule is CCn1cc(S(=O)(=O)NC2Cc3ccccc3N(C)C2)cn1. The monoisotopic (exact) mass is 320 g/mol. The lowest BCUT2D eigenvalue weighted by molar-refractivity contribution is 0.534. The van der Waals surface area contributed by atoms with E-state index in [0.717, 1.165) is 11.3 Å². The first-order valence-corrected chi connectivity index (χ1v) is 8.81. The van der Waals surface area contributed by atoms with Gasteiger partial charge in [0.25, 0.3) is 0 Å². The van der Waals surface area contributed by atoms with Crippen LogP contribution in [0, 0.1) is 0 Å². The number of anilines is 1. The van der Waals surface area contributed by atoms with Gasteiger partial charge in [-0.3, -0.25) is 4.68 Å². The molecule has 2 heterocycles. The van der Waals surface area contributed by atoms with Gasteiger partial charge in [0.1, 0.15) is 4.90 Å². The molecular weight excluding hydrogens is 300 g/mol. The van der Waals surface area contributed by atoms with Crippen molar-refractivity contribution in [3.05, 3.63) is 42.2 Å². The van der Waals surface area contributed by atoms with E-state index in [4.69, 9.17) is 0 Å². The van der Waals surface area contributed by atoms with Crippen molar-refractivity contribution in [2.75, 3.05) is 18.5 Å². The molecule has 1 aliphatic rings. The number of aromatic nitrogens is 2. The molecule has 118 valence electrons. The quantitative estimate of drug-likeness (QED) is 0.920. The van der Waals surface area contributed by atoms with E-state index in [1.165, 1.54) is 6.20 Å². The van der Waals surface area contributed by atoms with Crippen LogP contribution in [0.2, 0.25) is 0 Å². The summed E-state index contributed by atoms with van der Waals surface area (Å²) in [5.74, 6) is 0. The zero-order valence-electron chi connectivity index (χ0n) is 12.7. The molecule has 0 saturated heterocycles. The molecule has 1 unspecified atom stereocenters. The van der Waals surface area contributed by atoms with Gasteiger partial charge >= 0.3 is 0 Å². The van der Waals surface area contributed by atoms with Crippen molar-refractivity contribution in [3.63, 3.8) is 0 Å². The molecule has 0 saturated carbocycles. The average molecular weight is 320 g/mol. The number of nitrogens with one attached hydrogen (secondary N) is 1. The topological polar surface area (TPSA) is 67.2 Å². The molecule has 22 heavy (non-hydrogen) atoms. The number of rotatable bonds is 4. The van der Waals surface area contributed by atoms with Crippen LogP contribution >= 0.6 is 0 Å². The van der Waals surface area contributed by atoms with Crippen molar-refractivity contribution < 1.29 is 8.42 Å². The molecule has 0 spiro atoms. The molecule has 1 N–H and O–H groups in total. The lowest BCUT2D eigenvalue weighted by Crippen LogP contribution is -2.46. The third-order valence-electron chi connectivity index (χ3n) is 3.93. The number of hydrogen-bond acceptors (Lipinski definition) is 4. The molecule has 1 aliphatic heterocycles. The third-order valence-corrected chi connectivity index (χ3v) is 5.40. The van der Waals surface area contributed by atoms with Gasteiger partial charge < -0.3 is 4.90 Å². The van der Waals surface area contributed by atoms with E-state index in [9.17, 15) is 8.42 Å². The van der Waals surface area contributed by atoms with Crippen molar-refractivity contribution in [2.24, 2.45) is 0 Å². The van der Waals surface area contributed by atoms with Gasteiger partial charge in [0.2, 0.25) is 10.0 Å². The maximum Gasteiger partial charge on any atom is 0.244 e. The highest BCUT2D eigenvalue weighted by Crippen LogP contribution is 2.26. The van der Waals surface area contributed by atoms with E-state index in [2.05, 4.69) is 20.8 Å². The van der Waals surface area contributed by atoms with Crippen LogP contribution in [0.15, 0.2) is 41.6 Å². The minimum atomic E-state index is -3.54. The first kappa shape index (κ1) is 15.1. The van der Waals surface area contributed by atoms with Crippen LogP contribution in [-0.2, 0) is 23.0 Å². The van der Waals surface area contributed by atoms with Gasteiger partial charge in [0, 0.05) is 38.1 Å². The molecule has 1 aromatic carbocycles. The second kappa shape index (κ2) is 5.73. The van der Waals surface area contributed by atoms with Crippen molar-refractivity contribution in [1.82, 2.24) is 14.5 Å². The van der Waals surface area contributed by atoms with Gasteiger partial charge in [-0.05, 0) is 25.0 Å². The summed E-state index contributed by atoms with van der Waals surface area (Å²) in [5.41, 5.74) is 2.32. The fraction of sp³-hybridized carbons (Fsp3) is 0.400. The van der Waals surface area contributed by atoms with E-state index >= 15 is 0 Å². The fourth-order valence-corrected chi connectivity index (χ4v) is 4.02. The summed E-state index contributed by atoms with van der Waals surface area (Å²) in [6.45, 7) is 3.22. The van der Waals surface area contributed by atoms with Gasteiger partial charge in [-0.1, -0.05) is 18.2 Å². The van der Waals surface area contributed by atoms with E-state index in [-0.39, 0.29) is 10.9 Å². The number of hydrogen-bond donors (Lipinski definition) is 1. The minimum Gasteiger partial charge on any atom is -0.373 e. The van der Waals surface area contributed by atoms with Gasteiger partial charge in [-0.15, -0.1) is 0 Å². The Balaban J connectivity index is 1.79. The molecule has 0 bridgehead atoms. The summed E-state index contributed by atoms with van der Waals surface area (Å²) < 4.78 is 29.3. The molecule has 1 aromatic heterocycles. The van der Waals surface area contributed by atoms with E-state index in [1.54, 1.807) is 10.9 Å². The Bertz CT molecular complexity index is 769. The summed E-state index contributed by atoms with van der Waals surface area (Å²) in [4.78, 5) is 2.30. The normalized spacial score (nSPS) is 18.3. The summed E-state index contributed by atoms with van der Waals surface area (Å²) >= 11 is 0. The van der Waals surface area contributed by atoms with Crippen LogP contribution in [0.5, 0.6) is 0 Å². The number of aryl methyl sites for hydroxylation is 1. The Morgan fingerprint density at radius 1 is 1.36 bits per heavy atom. The summed E-state index contributed by atoms with van der Waals surface area (Å²) in [6.07, 6.45) is 3.65. The Morgan fingerprint density at radius 3 is 2.86 bits per heavy atom. The minimum absolute atomic E-state index is 0.144. The number of nitrogens with zero attached hydrogens (tertiary/aromatic N) is 3. The number of sulfonamides is 1. The Labute approximate surface area is 130 Å². The average Bonchev–Trinajstić information content (AvgIpc) is 2.97. The summed E-state index contributed by atoms with van der Waals surface area (Å²) in [5, 5.41) is 4.03. The Morgan fingerprint density at radius 2 is 2.14 bits per heavy atom. The van der Waals surface area contributed by atoms with E-state index < -0.39 is 10.0 Å². The van der Waals surface area contributed by atoms with Crippen LogP contribution in [-0.4, -0.2) is 37.8 Å². The molecule has 3 rings (SSSR count). The molecule has 7 heteroatoms. The summed E-state index contributed by atoms with van der Waals surface area (Å²) in [6, 6.07) is 7.94. The molecule has 0 radical (unpaired) electrons. The predicted octanol–water partition coefficient (Wildman–Crippen LogP) is 1.24. The molecule has 6 nitrogen and oxygen atoms in total. The highest BCUT2D eigenvalue weighted by Gasteiger charge is 2.27. The second-order valence-electron chi connectivity index (χ2n) is 5.56. The van der Waals surface area contributed by atoms with Crippen molar-refractivity contribution in [3.8, 4) is 0 Å². The van der Waals surface area contributed by atoms with Gasteiger partial charge in [0.05, 0.1) is 6.20 Å². The summed E-state index contributed by atoms with van der Waals surface area (Å²) in [7, 11) is -1.55. The van der Waals surface area contributed by atoms with Crippen molar-refractivity contribution >= 4 is 15.7 Å². The highest BCUT2D eigenvalue weighted by molar-refractivity contribution is 7.89. The second-order valence-corrected chi connectivity index (χ2v) is 7.28. The first-order chi connectivity index (χ1) is 10.5. The molecule has 0 fully saturated rings. The lowest BCUT2D eigenvalue weighted by atomic mass is 9.99. The third kappa shape index (κ3) is 2.86. The smallest absolute Gasteiger partial charge is 0.244 e. The number of likely N-dealkylation sites (N-methyl/N-ethyl adjacent to an activating group) is 1. The van der Waals surface area contributed by atoms with Crippen LogP contribution < -0.4 is 9.62 Å². The molecule has 1 atom stereocenters. The molecule has 0 aliphatic carbocycles. The maximum atomic E-state index is 12.5. The first-order valence-electron chi connectivity index (χ1n) is 7.33. The van der Waals surface area contributed by atoms with Crippen LogP contribution in [0.3, 0.4) is 0 Å². The zero-order valence-corrected chi connectivity index (χ0v) is 13.5. The Kier molecular flexibility index (Phi) is 3.92. The fourth-order valence-electron chi connectivity index (χ4n) is 2.84. The molecular formula is C15H20N4O2S. The van der Waals surface area contributed by atoms with Crippen LogP contribution in [0.25, 0.3) is 0 Å². The van der Waals surface area contributed by atoms with E-state index in [0.29, 0.717) is 19.5 Å². The predicted molar refractivity (Wildman–Crippen MR) is 85.4 cm³/mol. The highest BCUT2D eigenvalue weighted by atomic mass is 32.2. The van der Waals surface area contributed by atoms with Gasteiger partial charge in [-0.25, -0.2) is 13.1 Å². The largest absolute Gasteiger partial charge is 0.373 e. The van der Waals surface area contributed by atoms with Crippen molar-refractivity contribution in [1.29, 1.82) is 0 Å². The molecule has 2 aromatic rings. The number of fused-ring (bicyclic) bond motifs is 1.